The maximum Gasteiger partial charge on any atom is 0.135 e. The van der Waals surface area contributed by atoms with Crippen molar-refractivity contribution in [2.45, 2.75) is 39.7 Å². The summed E-state index contributed by atoms with van der Waals surface area (Å²) in [6.07, 6.45) is 3.27. The Kier molecular flexibility index (Phi) is 5.15. The highest BCUT2D eigenvalue weighted by molar-refractivity contribution is 5.55. The highest BCUT2D eigenvalue weighted by Crippen LogP contribution is 2.21. The molecule has 0 radical (unpaired) electrons. The monoisotopic (exact) mass is 238 g/mol. The number of nitrogens with zero attached hydrogens (tertiary/aromatic N) is 2. The van der Waals surface area contributed by atoms with Gasteiger partial charge in [0.05, 0.1) is 12.6 Å². The zero-order valence-electron chi connectivity index (χ0n) is 10.8. The van der Waals surface area contributed by atoms with Crippen LogP contribution in [-0.4, -0.2) is 27.7 Å². The summed E-state index contributed by atoms with van der Waals surface area (Å²) in [4.78, 5) is 8.22. The molecular formula is C12H22N4O. The zero-order chi connectivity index (χ0) is 12.8. The lowest BCUT2D eigenvalue weighted by Crippen LogP contribution is -2.30. The van der Waals surface area contributed by atoms with E-state index in [4.69, 9.17) is 5.73 Å². The fourth-order valence-electron chi connectivity index (χ4n) is 1.65. The lowest BCUT2D eigenvalue weighted by Gasteiger charge is -2.22. The van der Waals surface area contributed by atoms with Gasteiger partial charge in [0.15, 0.2) is 0 Å². The van der Waals surface area contributed by atoms with Gasteiger partial charge in [-0.25, -0.2) is 9.97 Å². The summed E-state index contributed by atoms with van der Waals surface area (Å²) in [5.41, 5.74) is 6.79. The molecule has 0 unspecified atom stereocenters. The van der Waals surface area contributed by atoms with Crippen LogP contribution in [0.25, 0.3) is 0 Å². The van der Waals surface area contributed by atoms with E-state index in [1.165, 1.54) is 6.33 Å². The van der Waals surface area contributed by atoms with Crippen LogP contribution in [0.2, 0.25) is 0 Å². The Labute approximate surface area is 102 Å². The van der Waals surface area contributed by atoms with Crippen molar-refractivity contribution in [3.05, 3.63) is 11.9 Å². The third kappa shape index (κ3) is 3.56. The first-order valence-electron chi connectivity index (χ1n) is 6.06. The maximum absolute atomic E-state index is 9.31. The predicted octanol–water partition coefficient (Wildman–Crippen LogP) is 1.44. The molecule has 5 nitrogen and oxygen atoms in total. The largest absolute Gasteiger partial charge is 0.394 e. The highest BCUT2D eigenvalue weighted by atomic mass is 16.3. The first-order valence-corrected chi connectivity index (χ1v) is 6.06. The summed E-state index contributed by atoms with van der Waals surface area (Å²) >= 11 is 0. The second-order valence-electron chi connectivity index (χ2n) is 4.51. The van der Waals surface area contributed by atoms with Gasteiger partial charge in [-0.15, -0.1) is 0 Å². The molecule has 0 spiro atoms. The molecule has 0 fully saturated rings. The van der Waals surface area contributed by atoms with Crippen LogP contribution in [0, 0.1) is 5.92 Å². The Bertz CT molecular complexity index is 354. The van der Waals surface area contributed by atoms with Crippen LogP contribution in [0.1, 0.15) is 32.8 Å². The van der Waals surface area contributed by atoms with Crippen molar-refractivity contribution in [1.82, 2.24) is 9.97 Å². The molecule has 4 N–H and O–H groups in total. The Balaban J connectivity index is 2.92. The molecule has 96 valence electrons. The molecular weight excluding hydrogens is 216 g/mol. The molecule has 0 aliphatic heterocycles. The summed E-state index contributed by atoms with van der Waals surface area (Å²) in [7, 11) is 0. The molecule has 0 saturated heterocycles. The Hall–Kier alpha value is -1.36. The number of nitrogens with two attached hydrogens (primary N) is 1. The van der Waals surface area contributed by atoms with Crippen LogP contribution in [0.15, 0.2) is 6.33 Å². The SMILES string of the molecule is CCCc1c(N)ncnc1N[C@H](CO)C(C)C. The number of aromatic nitrogens is 2. The Morgan fingerprint density at radius 2 is 2.12 bits per heavy atom. The summed E-state index contributed by atoms with van der Waals surface area (Å²) in [6, 6.07) is -0.0140. The van der Waals surface area contributed by atoms with Crippen LogP contribution in [-0.2, 0) is 6.42 Å². The number of nitrogen functional groups attached to an aromatic ring is 1. The quantitative estimate of drug-likeness (QED) is 0.698. The standard InChI is InChI=1S/C12H22N4O/c1-4-5-9-11(13)14-7-15-12(9)16-10(6-17)8(2)3/h7-8,10,17H,4-6H2,1-3H3,(H3,13,14,15,16)/t10-/m1/s1. The highest BCUT2D eigenvalue weighted by Gasteiger charge is 2.15. The van der Waals surface area contributed by atoms with E-state index in [9.17, 15) is 5.11 Å². The van der Waals surface area contributed by atoms with Gasteiger partial charge >= 0.3 is 0 Å². The van der Waals surface area contributed by atoms with Gasteiger partial charge in [0.1, 0.15) is 18.0 Å². The summed E-state index contributed by atoms with van der Waals surface area (Å²) < 4.78 is 0. The zero-order valence-corrected chi connectivity index (χ0v) is 10.8. The summed E-state index contributed by atoms with van der Waals surface area (Å²) in [6.45, 7) is 6.27. The van der Waals surface area contributed by atoms with Gasteiger partial charge in [-0.2, -0.15) is 0 Å². The molecule has 1 rings (SSSR count). The van der Waals surface area contributed by atoms with Crippen molar-refractivity contribution in [2.24, 2.45) is 5.92 Å². The number of hydrogen-bond donors (Lipinski definition) is 3. The fourth-order valence-corrected chi connectivity index (χ4v) is 1.65. The van der Waals surface area contributed by atoms with Gasteiger partial charge in [-0.3, -0.25) is 0 Å². The van der Waals surface area contributed by atoms with E-state index in [1.54, 1.807) is 0 Å². The first-order chi connectivity index (χ1) is 8.10. The van der Waals surface area contributed by atoms with Crippen LogP contribution in [0.5, 0.6) is 0 Å². The van der Waals surface area contributed by atoms with Crippen molar-refractivity contribution in [1.29, 1.82) is 0 Å². The minimum Gasteiger partial charge on any atom is -0.394 e. The summed E-state index contributed by atoms with van der Waals surface area (Å²) in [5.74, 6) is 1.59. The second kappa shape index (κ2) is 6.39. The molecule has 1 atom stereocenters. The fraction of sp³-hybridized carbons (Fsp3) is 0.667. The first kappa shape index (κ1) is 13.7. The average molecular weight is 238 g/mol. The minimum atomic E-state index is -0.0140. The predicted molar refractivity (Wildman–Crippen MR) is 69.8 cm³/mol. The van der Waals surface area contributed by atoms with E-state index >= 15 is 0 Å². The van der Waals surface area contributed by atoms with Crippen LogP contribution < -0.4 is 11.1 Å². The molecule has 17 heavy (non-hydrogen) atoms. The third-order valence-corrected chi connectivity index (χ3v) is 2.80. The van der Waals surface area contributed by atoms with Crippen molar-refractivity contribution in [3.63, 3.8) is 0 Å². The number of anilines is 2. The van der Waals surface area contributed by atoms with Gasteiger partial charge in [0.2, 0.25) is 0 Å². The van der Waals surface area contributed by atoms with Crippen LogP contribution in [0.4, 0.5) is 11.6 Å². The number of nitrogens with one attached hydrogen (secondary N) is 1. The van der Waals surface area contributed by atoms with Crippen LogP contribution >= 0.6 is 0 Å². The molecule has 1 aromatic heterocycles. The van der Waals surface area contributed by atoms with Crippen molar-refractivity contribution in [2.75, 3.05) is 17.7 Å². The van der Waals surface area contributed by atoms with E-state index < -0.39 is 0 Å². The number of rotatable bonds is 6. The van der Waals surface area contributed by atoms with Gasteiger partial charge in [-0.1, -0.05) is 27.2 Å². The van der Waals surface area contributed by atoms with Crippen LogP contribution in [0.3, 0.4) is 0 Å². The maximum atomic E-state index is 9.31. The topological polar surface area (TPSA) is 84.1 Å². The second-order valence-corrected chi connectivity index (χ2v) is 4.51. The van der Waals surface area contributed by atoms with E-state index in [0.29, 0.717) is 11.7 Å². The van der Waals surface area contributed by atoms with E-state index in [2.05, 4.69) is 36.1 Å². The molecule has 1 heterocycles. The molecule has 0 amide bonds. The van der Waals surface area contributed by atoms with Crippen molar-refractivity contribution >= 4 is 11.6 Å². The van der Waals surface area contributed by atoms with Gasteiger partial charge < -0.3 is 16.2 Å². The van der Waals surface area contributed by atoms with Gasteiger partial charge in [0, 0.05) is 5.56 Å². The number of aliphatic hydroxyl groups excluding tert-OH is 1. The minimum absolute atomic E-state index is 0.0140. The van der Waals surface area contributed by atoms with Gasteiger partial charge in [-0.05, 0) is 12.3 Å². The lowest BCUT2D eigenvalue weighted by atomic mass is 10.0. The normalized spacial score (nSPS) is 12.8. The van der Waals surface area contributed by atoms with E-state index in [1.807, 2.05) is 0 Å². The van der Waals surface area contributed by atoms with Crippen molar-refractivity contribution < 1.29 is 5.11 Å². The average Bonchev–Trinajstić information content (AvgIpc) is 2.29. The van der Waals surface area contributed by atoms with E-state index in [-0.39, 0.29) is 12.6 Å². The molecule has 0 bridgehead atoms. The lowest BCUT2D eigenvalue weighted by molar-refractivity contribution is 0.249. The molecule has 0 saturated carbocycles. The Morgan fingerprint density at radius 1 is 1.41 bits per heavy atom. The van der Waals surface area contributed by atoms with Crippen molar-refractivity contribution in [3.8, 4) is 0 Å². The summed E-state index contributed by atoms with van der Waals surface area (Å²) in [5, 5.41) is 12.6. The molecule has 0 aromatic carbocycles. The molecule has 0 aliphatic rings. The third-order valence-electron chi connectivity index (χ3n) is 2.80. The molecule has 0 aliphatic carbocycles. The Morgan fingerprint density at radius 3 is 2.65 bits per heavy atom. The molecule has 5 heteroatoms. The number of hydrogen-bond acceptors (Lipinski definition) is 5. The number of aliphatic hydroxyl groups is 1. The van der Waals surface area contributed by atoms with Gasteiger partial charge in [0.25, 0.3) is 0 Å². The van der Waals surface area contributed by atoms with E-state index in [0.717, 1.165) is 24.2 Å². The molecule has 1 aromatic rings. The smallest absolute Gasteiger partial charge is 0.135 e.